The van der Waals surface area contributed by atoms with E-state index in [1.807, 2.05) is 0 Å². The fourth-order valence-electron chi connectivity index (χ4n) is 2.18. The molecule has 82 valence electrons. The van der Waals surface area contributed by atoms with Gasteiger partial charge in [-0.15, -0.1) is 0 Å². The largest absolute Gasteiger partial charge is 0.330 e. The van der Waals surface area contributed by atoms with Gasteiger partial charge in [0.25, 0.3) is 0 Å². The first kappa shape index (κ1) is 10.7. The summed E-state index contributed by atoms with van der Waals surface area (Å²) < 4.78 is 2.12. The highest BCUT2D eigenvalue weighted by molar-refractivity contribution is 6.30. The monoisotopic (exact) mass is 226 g/mol. The number of Topliss-reactive ketones (excluding diaryl/α,β-unsaturated/α-hetero) is 1. The van der Waals surface area contributed by atoms with E-state index in [2.05, 4.69) is 16.5 Å². The number of fused-ring (bicyclic) bond motifs is 1. The molecule has 15 heavy (non-hydrogen) atoms. The third kappa shape index (κ3) is 1.81. The van der Waals surface area contributed by atoms with Gasteiger partial charge in [0.1, 0.15) is 11.6 Å². The van der Waals surface area contributed by atoms with Crippen molar-refractivity contribution < 1.29 is 4.79 Å². The number of ketones is 1. The molecular formula is C11H15ClN2O. The summed E-state index contributed by atoms with van der Waals surface area (Å²) in [6, 6.07) is 0. The number of hydrogen-bond donors (Lipinski definition) is 0. The van der Waals surface area contributed by atoms with Crippen molar-refractivity contribution in [2.75, 3.05) is 0 Å². The summed E-state index contributed by atoms with van der Waals surface area (Å²) in [4.78, 5) is 15.7. The second-order valence-electron chi connectivity index (χ2n) is 4.08. The van der Waals surface area contributed by atoms with Crippen LogP contribution in [-0.2, 0) is 24.2 Å². The molecule has 3 nitrogen and oxygen atoms in total. The average Bonchev–Trinajstić information content (AvgIpc) is 2.55. The Balaban J connectivity index is 2.35. The van der Waals surface area contributed by atoms with E-state index in [0.717, 1.165) is 37.3 Å². The number of carbonyl (C=O) groups is 1. The molecule has 0 bridgehead atoms. The Morgan fingerprint density at radius 3 is 3.00 bits per heavy atom. The van der Waals surface area contributed by atoms with Crippen LogP contribution in [0.4, 0.5) is 0 Å². The number of imidazole rings is 1. The minimum atomic E-state index is 0.146. The third-order valence-electron chi connectivity index (χ3n) is 3.13. The zero-order valence-corrected chi connectivity index (χ0v) is 9.84. The van der Waals surface area contributed by atoms with E-state index in [0.29, 0.717) is 5.15 Å². The van der Waals surface area contributed by atoms with E-state index in [1.54, 1.807) is 6.92 Å². The summed E-state index contributed by atoms with van der Waals surface area (Å²) in [5, 5.41) is 0.619. The van der Waals surface area contributed by atoms with Crippen LogP contribution in [0, 0.1) is 5.92 Å². The molecule has 2 heterocycles. The van der Waals surface area contributed by atoms with Gasteiger partial charge in [0, 0.05) is 18.9 Å². The first-order valence-corrected chi connectivity index (χ1v) is 5.75. The smallest absolute Gasteiger partial charge is 0.150 e. The molecule has 1 atom stereocenters. The van der Waals surface area contributed by atoms with Gasteiger partial charge in [0.05, 0.1) is 5.69 Å². The number of aromatic nitrogens is 2. The van der Waals surface area contributed by atoms with E-state index < -0.39 is 0 Å². The first-order valence-electron chi connectivity index (χ1n) is 5.37. The summed E-state index contributed by atoms with van der Waals surface area (Å²) in [5.74, 6) is 1.42. The molecule has 2 rings (SSSR count). The Hall–Kier alpha value is -0.830. The summed E-state index contributed by atoms with van der Waals surface area (Å²) in [6.07, 6.45) is 2.64. The standard InChI is InChI=1S/C11H15ClN2O/c1-3-10-13-11(12)9-5-4-8(7(2)15)6-14(9)10/h8H,3-6H2,1-2H3. The fraction of sp³-hybridized carbons (Fsp3) is 0.636. The Morgan fingerprint density at radius 2 is 2.40 bits per heavy atom. The highest BCUT2D eigenvalue weighted by atomic mass is 35.5. The van der Waals surface area contributed by atoms with Crippen LogP contribution in [0.2, 0.25) is 5.15 Å². The third-order valence-corrected chi connectivity index (χ3v) is 3.43. The number of hydrogen-bond acceptors (Lipinski definition) is 2. The molecule has 0 aliphatic carbocycles. The van der Waals surface area contributed by atoms with Gasteiger partial charge in [0.2, 0.25) is 0 Å². The van der Waals surface area contributed by atoms with Gasteiger partial charge in [-0.1, -0.05) is 18.5 Å². The van der Waals surface area contributed by atoms with E-state index in [4.69, 9.17) is 11.6 Å². The van der Waals surface area contributed by atoms with Crippen molar-refractivity contribution in [3.05, 3.63) is 16.7 Å². The lowest BCUT2D eigenvalue weighted by molar-refractivity contribution is -0.121. The van der Waals surface area contributed by atoms with Crippen molar-refractivity contribution in [1.82, 2.24) is 9.55 Å². The zero-order chi connectivity index (χ0) is 11.0. The topological polar surface area (TPSA) is 34.9 Å². The summed E-state index contributed by atoms with van der Waals surface area (Å²) in [5.41, 5.74) is 1.10. The maximum atomic E-state index is 11.3. The Morgan fingerprint density at radius 1 is 1.67 bits per heavy atom. The van der Waals surface area contributed by atoms with Crippen molar-refractivity contribution in [2.45, 2.75) is 39.7 Å². The van der Waals surface area contributed by atoms with E-state index in [1.165, 1.54) is 0 Å². The number of halogens is 1. The highest BCUT2D eigenvalue weighted by Gasteiger charge is 2.26. The molecule has 0 spiro atoms. The van der Waals surface area contributed by atoms with Gasteiger partial charge >= 0.3 is 0 Å². The predicted molar refractivity (Wildman–Crippen MR) is 59.1 cm³/mol. The van der Waals surface area contributed by atoms with Gasteiger partial charge < -0.3 is 4.57 Å². The van der Waals surface area contributed by atoms with Gasteiger partial charge in [-0.2, -0.15) is 0 Å². The quantitative estimate of drug-likeness (QED) is 0.775. The average molecular weight is 227 g/mol. The van der Waals surface area contributed by atoms with Gasteiger partial charge in [0.15, 0.2) is 5.15 Å². The second-order valence-corrected chi connectivity index (χ2v) is 4.43. The van der Waals surface area contributed by atoms with Crippen molar-refractivity contribution >= 4 is 17.4 Å². The number of aryl methyl sites for hydroxylation is 1. The SMILES string of the molecule is CCc1nc(Cl)c2n1CC(C(C)=O)CC2. The van der Waals surface area contributed by atoms with E-state index >= 15 is 0 Å². The van der Waals surface area contributed by atoms with Crippen molar-refractivity contribution in [2.24, 2.45) is 5.92 Å². The van der Waals surface area contributed by atoms with Crippen molar-refractivity contribution in [3.8, 4) is 0 Å². The van der Waals surface area contributed by atoms with Crippen LogP contribution in [0.15, 0.2) is 0 Å². The molecule has 0 aromatic carbocycles. The molecule has 1 unspecified atom stereocenters. The van der Waals surface area contributed by atoms with Crippen molar-refractivity contribution in [3.63, 3.8) is 0 Å². The molecule has 0 amide bonds. The lowest BCUT2D eigenvalue weighted by Crippen LogP contribution is -2.26. The molecule has 1 aromatic heterocycles. The van der Waals surface area contributed by atoms with E-state index in [9.17, 15) is 4.79 Å². The molecule has 1 aromatic rings. The summed E-state index contributed by atoms with van der Waals surface area (Å²) in [7, 11) is 0. The Kier molecular flexibility index (Phi) is 2.83. The lowest BCUT2D eigenvalue weighted by Gasteiger charge is -2.23. The molecule has 0 saturated carbocycles. The molecule has 0 saturated heterocycles. The molecule has 0 fully saturated rings. The van der Waals surface area contributed by atoms with Gasteiger partial charge in [-0.05, 0) is 19.8 Å². The fourth-order valence-corrected chi connectivity index (χ4v) is 2.48. The lowest BCUT2D eigenvalue weighted by atomic mass is 9.95. The zero-order valence-electron chi connectivity index (χ0n) is 9.09. The van der Waals surface area contributed by atoms with Crippen LogP contribution in [0.3, 0.4) is 0 Å². The molecule has 1 aliphatic heterocycles. The van der Waals surface area contributed by atoms with Crippen LogP contribution < -0.4 is 0 Å². The summed E-state index contributed by atoms with van der Waals surface area (Å²) >= 11 is 6.05. The highest BCUT2D eigenvalue weighted by Crippen LogP contribution is 2.27. The number of carbonyl (C=O) groups excluding carboxylic acids is 1. The molecule has 0 N–H and O–H groups in total. The van der Waals surface area contributed by atoms with Crippen molar-refractivity contribution in [1.29, 1.82) is 0 Å². The first-order chi connectivity index (χ1) is 7.13. The number of rotatable bonds is 2. The van der Waals surface area contributed by atoms with E-state index in [-0.39, 0.29) is 11.7 Å². The maximum absolute atomic E-state index is 11.3. The van der Waals surface area contributed by atoms with Crippen LogP contribution >= 0.6 is 11.6 Å². The van der Waals surface area contributed by atoms with Crippen LogP contribution in [0.25, 0.3) is 0 Å². The second kappa shape index (κ2) is 3.97. The molecule has 4 heteroatoms. The van der Waals surface area contributed by atoms with Crippen LogP contribution in [0.1, 0.15) is 31.8 Å². The Labute approximate surface area is 94.4 Å². The molecule has 0 radical (unpaired) electrons. The maximum Gasteiger partial charge on any atom is 0.150 e. The summed E-state index contributed by atoms with van der Waals surface area (Å²) in [6.45, 7) is 4.48. The van der Waals surface area contributed by atoms with Gasteiger partial charge in [-0.3, -0.25) is 4.79 Å². The van der Waals surface area contributed by atoms with Gasteiger partial charge in [-0.25, -0.2) is 4.98 Å². The minimum absolute atomic E-state index is 0.146. The Bertz CT molecular complexity index is 398. The molecule has 1 aliphatic rings. The normalized spacial score (nSPS) is 20.1. The molecular weight excluding hydrogens is 212 g/mol. The number of nitrogens with zero attached hydrogens (tertiary/aromatic N) is 2. The van der Waals surface area contributed by atoms with Crippen LogP contribution in [0.5, 0.6) is 0 Å². The van der Waals surface area contributed by atoms with Crippen LogP contribution in [-0.4, -0.2) is 15.3 Å². The predicted octanol–water partition coefficient (Wildman–Crippen LogP) is 2.25. The minimum Gasteiger partial charge on any atom is -0.330 e.